The first-order valence-electron chi connectivity index (χ1n) is 9.94. The minimum absolute atomic E-state index is 0.0352. The fourth-order valence-electron chi connectivity index (χ4n) is 3.86. The van der Waals surface area contributed by atoms with Gasteiger partial charge in [0.1, 0.15) is 5.82 Å². The van der Waals surface area contributed by atoms with Gasteiger partial charge in [0.25, 0.3) is 0 Å². The number of halogens is 1. The van der Waals surface area contributed by atoms with E-state index >= 15 is 0 Å². The van der Waals surface area contributed by atoms with Crippen molar-refractivity contribution in [2.75, 3.05) is 12.4 Å². The van der Waals surface area contributed by atoms with Crippen molar-refractivity contribution in [1.82, 2.24) is 4.90 Å². The number of nitrogens with zero attached hydrogens (tertiary/aromatic N) is 1. The first-order valence-corrected chi connectivity index (χ1v) is 9.94. The summed E-state index contributed by atoms with van der Waals surface area (Å²) < 4.78 is 13.3. The molecule has 4 heteroatoms. The Morgan fingerprint density at radius 1 is 1.11 bits per heavy atom. The van der Waals surface area contributed by atoms with Crippen LogP contribution in [0.5, 0.6) is 0 Å². The van der Waals surface area contributed by atoms with Gasteiger partial charge in [0, 0.05) is 24.7 Å². The normalized spacial score (nSPS) is 15.1. The summed E-state index contributed by atoms with van der Waals surface area (Å²) in [6.45, 7) is 0.838. The second-order valence-corrected chi connectivity index (χ2v) is 7.54. The van der Waals surface area contributed by atoms with Crippen molar-refractivity contribution in [2.45, 2.75) is 57.5 Å². The van der Waals surface area contributed by atoms with E-state index < -0.39 is 0 Å². The van der Waals surface area contributed by atoms with Gasteiger partial charge in [-0.1, -0.05) is 49.6 Å². The van der Waals surface area contributed by atoms with Crippen molar-refractivity contribution in [3.8, 4) is 0 Å². The van der Waals surface area contributed by atoms with Crippen LogP contribution in [0.4, 0.5) is 10.1 Å². The van der Waals surface area contributed by atoms with Crippen LogP contribution in [0.1, 0.15) is 49.7 Å². The Balaban J connectivity index is 1.57. The summed E-state index contributed by atoms with van der Waals surface area (Å²) in [5, 5.41) is 3.04. The highest BCUT2D eigenvalue weighted by Gasteiger charge is 2.19. The van der Waals surface area contributed by atoms with Crippen LogP contribution in [-0.2, 0) is 17.8 Å². The van der Waals surface area contributed by atoms with Gasteiger partial charge in [0.05, 0.1) is 0 Å². The number of carbonyl (C=O) groups excluding carboxylic acids is 1. The van der Waals surface area contributed by atoms with E-state index in [2.05, 4.69) is 23.3 Å². The Kier molecular flexibility index (Phi) is 6.99. The third-order valence-corrected chi connectivity index (χ3v) is 5.44. The Morgan fingerprint density at radius 3 is 2.67 bits per heavy atom. The van der Waals surface area contributed by atoms with Gasteiger partial charge >= 0.3 is 0 Å². The number of hydrogen-bond acceptors (Lipinski definition) is 2. The number of hydrogen-bond donors (Lipinski definition) is 1. The van der Waals surface area contributed by atoms with Crippen molar-refractivity contribution >= 4 is 11.6 Å². The number of aryl methyl sites for hydroxylation is 1. The molecule has 1 fully saturated rings. The molecule has 1 aliphatic carbocycles. The van der Waals surface area contributed by atoms with Crippen molar-refractivity contribution < 1.29 is 9.18 Å². The highest BCUT2D eigenvalue weighted by Crippen LogP contribution is 2.25. The van der Waals surface area contributed by atoms with Crippen LogP contribution in [0, 0.1) is 5.82 Å². The molecule has 2 aromatic carbocycles. The average molecular weight is 368 g/mol. The van der Waals surface area contributed by atoms with Gasteiger partial charge in [-0.15, -0.1) is 0 Å². The predicted octanol–water partition coefficient (Wildman–Crippen LogP) is 5.16. The van der Waals surface area contributed by atoms with Crippen molar-refractivity contribution in [1.29, 1.82) is 0 Å². The molecule has 0 aromatic heterocycles. The first kappa shape index (κ1) is 19.6. The zero-order valence-corrected chi connectivity index (χ0v) is 16.1. The van der Waals surface area contributed by atoms with Gasteiger partial charge in [-0.25, -0.2) is 4.39 Å². The molecule has 0 radical (unpaired) electrons. The minimum atomic E-state index is -0.260. The minimum Gasteiger partial charge on any atom is -0.326 e. The number of rotatable bonds is 7. The van der Waals surface area contributed by atoms with Crippen molar-refractivity contribution in [2.24, 2.45) is 0 Å². The molecular weight excluding hydrogens is 339 g/mol. The third kappa shape index (κ3) is 5.90. The van der Waals surface area contributed by atoms with Crippen molar-refractivity contribution in [3.63, 3.8) is 0 Å². The summed E-state index contributed by atoms with van der Waals surface area (Å²) in [6.07, 6.45) is 7.38. The van der Waals surface area contributed by atoms with E-state index in [-0.39, 0.29) is 11.7 Å². The van der Waals surface area contributed by atoms with Crippen molar-refractivity contribution in [3.05, 3.63) is 65.5 Å². The van der Waals surface area contributed by atoms with Crippen LogP contribution in [0.3, 0.4) is 0 Å². The van der Waals surface area contributed by atoms with Crippen LogP contribution in [0.2, 0.25) is 0 Å². The summed E-state index contributed by atoms with van der Waals surface area (Å²) >= 11 is 0. The summed E-state index contributed by atoms with van der Waals surface area (Å²) in [5.41, 5.74) is 2.87. The summed E-state index contributed by atoms with van der Waals surface area (Å²) in [4.78, 5) is 14.8. The molecule has 1 amide bonds. The first-order chi connectivity index (χ1) is 13.1. The summed E-state index contributed by atoms with van der Waals surface area (Å²) in [6, 6.07) is 15.1. The summed E-state index contributed by atoms with van der Waals surface area (Å²) in [7, 11) is 2.18. The molecule has 0 saturated heterocycles. The molecule has 0 bridgehead atoms. The molecule has 1 N–H and O–H groups in total. The van der Waals surface area contributed by atoms with Gasteiger partial charge in [-0.3, -0.25) is 9.69 Å². The quantitative estimate of drug-likeness (QED) is 0.732. The molecule has 0 spiro atoms. The maximum Gasteiger partial charge on any atom is 0.224 e. The highest BCUT2D eigenvalue weighted by atomic mass is 19.1. The van der Waals surface area contributed by atoms with E-state index in [4.69, 9.17) is 0 Å². The molecule has 27 heavy (non-hydrogen) atoms. The second-order valence-electron chi connectivity index (χ2n) is 7.54. The fraction of sp³-hybridized carbons (Fsp3) is 0.435. The number of benzene rings is 2. The average Bonchev–Trinajstić information content (AvgIpc) is 2.69. The number of para-hydroxylation sites is 1. The molecule has 0 unspecified atom stereocenters. The van der Waals surface area contributed by atoms with Crippen LogP contribution in [0.15, 0.2) is 48.5 Å². The fourth-order valence-corrected chi connectivity index (χ4v) is 3.86. The van der Waals surface area contributed by atoms with E-state index in [1.54, 1.807) is 6.07 Å². The number of amides is 1. The zero-order chi connectivity index (χ0) is 19.1. The molecular formula is C23H29FN2O. The predicted molar refractivity (Wildman–Crippen MR) is 108 cm³/mol. The van der Waals surface area contributed by atoms with Gasteiger partial charge < -0.3 is 5.32 Å². The SMILES string of the molecule is CN(Cc1ccccc1NC(=O)CCc1cccc(F)c1)C1CCCCC1. The Morgan fingerprint density at radius 2 is 1.89 bits per heavy atom. The van der Waals surface area contributed by atoms with Crippen LogP contribution in [-0.4, -0.2) is 23.9 Å². The molecule has 0 heterocycles. The smallest absolute Gasteiger partial charge is 0.224 e. The molecule has 2 aromatic rings. The maximum atomic E-state index is 13.3. The van der Waals surface area contributed by atoms with E-state index in [1.807, 2.05) is 24.3 Å². The molecule has 144 valence electrons. The number of anilines is 1. The van der Waals surface area contributed by atoms with Gasteiger partial charge in [-0.2, -0.15) is 0 Å². The zero-order valence-electron chi connectivity index (χ0n) is 16.1. The highest BCUT2D eigenvalue weighted by molar-refractivity contribution is 5.91. The standard InChI is InChI=1S/C23H29FN2O/c1-26(21-11-3-2-4-12-21)17-19-9-5-6-13-22(19)25-23(27)15-14-18-8-7-10-20(24)16-18/h5-10,13,16,21H,2-4,11-12,14-15,17H2,1H3,(H,25,27). The molecule has 0 aliphatic heterocycles. The van der Waals surface area contributed by atoms with Crippen LogP contribution < -0.4 is 5.32 Å². The Labute approximate surface area is 161 Å². The molecule has 3 rings (SSSR count). The Bertz CT molecular complexity index is 756. The topological polar surface area (TPSA) is 32.3 Å². The molecule has 0 atom stereocenters. The monoisotopic (exact) mass is 368 g/mol. The second kappa shape index (κ2) is 9.65. The van der Waals surface area contributed by atoms with Gasteiger partial charge in [0.15, 0.2) is 0 Å². The van der Waals surface area contributed by atoms with Crippen LogP contribution in [0.25, 0.3) is 0 Å². The number of carbonyl (C=O) groups is 1. The lowest BCUT2D eigenvalue weighted by Gasteiger charge is -2.31. The lowest BCUT2D eigenvalue weighted by Crippen LogP contribution is -2.33. The van der Waals surface area contributed by atoms with Crippen LogP contribution >= 0.6 is 0 Å². The maximum absolute atomic E-state index is 13.3. The Hall–Kier alpha value is -2.20. The lowest BCUT2D eigenvalue weighted by atomic mass is 9.94. The van der Waals surface area contributed by atoms with Gasteiger partial charge in [0.2, 0.25) is 5.91 Å². The van der Waals surface area contributed by atoms with E-state index in [9.17, 15) is 9.18 Å². The number of nitrogens with one attached hydrogen (secondary N) is 1. The van der Waals surface area contributed by atoms with E-state index in [0.717, 1.165) is 23.4 Å². The molecule has 3 nitrogen and oxygen atoms in total. The largest absolute Gasteiger partial charge is 0.326 e. The van der Waals surface area contributed by atoms with E-state index in [0.29, 0.717) is 18.9 Å². The summed E-state index contributed by atoms with van der Waals surface area (Å²) in [5.74, 6) is -0.295. The van der Waals surface area contributed by atoms with E-state index in [1.165, 1.54) is 44.2 Å². The van der Waals surface area contributed by atoms with Gasteiger partial charge in [-0.05, 0) is 55.6 Å². The molecule has 1 aliphatic rings. The molecule has 1 saturated carbocycles. The lowest BCUT2D eigenvalue weighted by molar-refractivity contribution is -0.116. The third-order valence-electron chi connectivity index (χ3n) is 5.44.